The molecule has 1 fully saturated rings. The van der Waals surface area contributed by atoms with Gasteiger partial charge in [0.15, 0.2) is 6.23 Å². The Hall–Kier alpha value is -1.67. The fourth-order valence-electron chi connectivity index (χ4n) is 2.66. The minimum atomic E-state index is -3.33. The molecule has 1 aromatic carbocycles. The molecule has 0 bridgehead atoms. The van der Waals surface area contributed by atoms with Gasteiger partial charge in [-0.1, -0.05) is 28.9 Å². The van der Waals surface area contributed by atoms with E-state index in [0.29, 0.717) is 5.75 Å². The summed E-state index contributed by atoms with van der Waals surface area (Å²) in [5, 5.41) is 2.29. The molecule has 0 aromatic heterocycles. The molecule has 10 heteroatoms. The van der Waals surface area contributed by atoms with Crippen molar-refractivity contribution in [2.24, 2.45) is 5.92 Å². The van der Waals surface area contributed by atoms with Crippen molar-refractivity contribution >= 4 is 35.5 Å². The Balaban J connectivity index is 1.50. The number of rotatable bonds is 6. The molecule has 3 rings (SSSR count). The number of hydrogen-bond acceptors (Lipinski definition) is 6. The maximum atomic E-state index is 12.5. The van der Waals surface area contributed by atoms with Crippen molar-refractivity contribution in [1.82, 2.24) is 10.2 Å². The van der Waals surface area contributed by atoms with Gasteiger partial charge in [-0.2, -0.15) is 0 Å². The Morgan fingerprint density at radius 2 is 2.00 bits per heavy atom. The van der Waals surface area contributed by atoms with Gasteiger partial charge in [0.1, 0.15) is 11.9 Å². The number of amides is 3. The normalized spacial score (nSPS) is 27.4. The first-order valence-corrected chi connectivity index (χ1v) is 11.1. The molecule has 2 aliphatic rings. The molecule has 0 radical (unpaired) electrons. The smallest absolute Gasteiger partial charge is 0.376 e. The van der Waals surface area contributed by atoms with E-state index in [0.717, 1.165) is 4.47 Å². The van der Waals surface area contributed by atoms with Crippen LogP contribution in [-0.2, 0) is 18.6 Å². The molecule has 146 valence electrons. The maximum absolute atomic E-state index is 12.5. The van der Waals surface area contributed by atoms with Gasteiger partial charge in [-0.05, 0) is 30.3 Å². The van der Waals surface area contributed by atoms with Crippen LogP contribution in [-0.4, -0.2) is 49.0 Å². The third kappa shape index (κ3) is 5.19. The molecule has 1 aromatic rings. The third-order valence-corrected chi connectivity index (χ3v) is 5.77. The highest BCUT2D eigenvalue weighted by Gasteiger charge is 2.36. The van der Waals surface area contributed by atoms with Crippen LogP contribution in [0.4, 0.5) is 4.79 Å². The van der Waals surface area contributed by atoms with Gasteiger partial charge in [-0.25, -0.2) is 9.36 Å². The Labute approximate surface area is 165 Å². The number of imide groups is 1. The quantitative estimate of drug-likeness (QED) is 0.519. The molecule has 8 nitrogen and oxygen atoms in total. The summed E-state index contributed by atoms with van der Waals surface area (Å²) in [7, 11) is -3.33. The molecule has 0 saturated carbocycles. The molecule has 2 heterocycles. The van der Waals surface area contributed by atoms with Gasteiger partial charge in [-0.15, -0.1) is 0 Å². The van der Waals surface area contributed by atoms with E-state index in [9.17, 15) is 14.2 Å². The van der Waals surface area contributed by atoms with Crippen LogP contribution in [0.2, 0.25) is 0 Å². The molecule has 27 heavy (non-hydrogen) atoms. The van der Waals surface area contributed by atoms with Crippen molar-refractivity contribution in [1.29, 1.82) is 0 Å². The standard InChI is InChI=1S/C17H20BrN2O6P/c1-11-9-20(17(22)19-16(11)21)15-8-7-14(25-15)10-24-27(2,23)26-13-5-3-12(18)4-6-13/h3-8,11,14-15H,9-10H2,1-2H3,(H,19,21,22)/t11?,14-,15+,27?/m0/s1. The summed E-state index contributed by atoms with van der Waals surface area (Å²) < 4.78 is 30.0. The molecule has 2 unspecified atom stereocenters. The van der Waals surface area contributed by atoms with Crippen LogP contribution < -0.4 is 9.84 Å². The van der Waals surface area contributed by atoms with E-state index in [-0.39, 0.29) is 25.0 Å². The lowest BCUT2D eigenvalue weighted by Crippen LogP contribution is -2.57. The van der Waals surface area contributed by atoms with Crippen molar-refractivity contribution in [3.8, 4) is 5.75 Å². The Kier molecular flexibility index (Phi) is 6.05. The van der Waals surface area contributed by atoms with E-state index in [1.54, 1.807) is 43.3 Å². The highest BCUT2D eigenvalue weighted by Crippen LogP contribution is 2.44. The van der Waals surface area contributed by atoms with Gasteiger partial charge in [-0.3, -0.25) is 19.5 Å². The minimum absolute atomic E-state index is 0.0151. The van der Waals surface area contributed by atoms with Crippen molar-refractivity contribution in [2.75, 3.05) is 19.8 Å². The molecule has 2 aliphatic heterocycles. The SMILES string of the molecule is CC1CN([C@H]2C=C[C@@H](COP(C)(=O)Oc3ccc(Br)cc3)O2)C(=O)NC1=O. The zero-order chi connectivity index (χ0) is 19.6. The lowest BCUT2D eigenvalue weighted by Gasteiger charge is -2.34. The van der Waals surface area contributed by atoms with Crippen molar-refractivity contribution in [2.45, 2.75) is 19.3 Å². The summed E-state index contributed by atoms with van der Waals surface area (Å²) in [6.45, 7) is 3.41. The number of hydrogen-bond donors (Lipinski definition) is 1. The summed E-state index contributed by atoms with van der Waals surface area (Å²) in [6.07, 6.45) is 2.38. The number of carbonyl (C=O) groups excluding carboxylic acids is 2. The lowest BCUT2D eigenvalue weighted by molar-refractivity contribution is -0.127. The van der Waals surface area contributed by atoms with E-state index in [2.05, 4.69) is 21.2 Å². The van der Waals surface area contributed by atoms with Crippen LogP contribution in [0, 0.1) is 5.92 Å². The van der Waals surface area contributed by atoms with Crippen molar-refractivity contribution in [3.63, 3.8) is 0 Å². The first-order chi connectivity index (χ1) is 12.7. The second kappa shape index (κ2) is 8.14. The van der Waals surface area contributed by atoms with Crippen LogP contribution in [0.25, 0.3) is 0 Å². The van der Waals surface area contributed by atoms with E-state index >= 15 is 0 Å². The average molecular weight is 459 g/mol. The van der Waals surface area contributed by atoms with Gasteiger partial charge in [0.05, 0.1) is 12.5 Å². The Morgan fingerprint density at radius 1 is 1.30 bits per heavy atom. The molecular weight excluding hydrogens is 439 g/mol. The number of urea groups is 1. The molecule has 4 atom stereocenters. The predicted octanol–water partition coefficient (Wildman–Crippen LogP) is 3.14. The van der Waals surface area contributed by atoms with E-state index in [1.165, 1.54) is 11.6 Å². The van der Waals surface area contributed by atoms with Crippen LogP contribution in [0.1, 0.15) is 6.92 Å². The number of benzene rings is 1. The zero-order valence-electron chi connectivity index (χ0n) is 14.8. The minimum Gasteiger partial charge on any atom is -0.425 e. The van der Waals surface area contributed by atoms with E-state index < -0.39 is 26.0 Å². The fraction of sp³-hybridized carbons (Fsp3) is 0.412. The second-order valence-corrected chi connectivity index (χ2v) is 9.31. The van der Waals surface area contributed by atoms with Crippen LogP contribution in [0.5, 0.6) is 5.75 Å². The zero-order valence-corrected chi connectivity index (χ0v) is 17.3. The fourth-order valence-corrected chi connectivity index (χ4v) is 3.90. The molecule has 0 aliphatic carbocycles. The average Bonchev–Trinajstić information content (AvgIpc) is 3.07. The highest BCUT2D eigenvalue weighted by molar-refractivity contribution is 9.10. The number of nitrogens with zero attached hydrogens (tertiary/aromatic N) is 1. The number of nitrogens with one attached hydrogen (secondary N) is 1. The van der Waals surface area contributed by atoms with Crippen molar-refractivity contribution < 1.29 is 27.9 Å². The summed E-state index contributed by atoms with van der Waals surface area (Å²) in [5.74, 6) is -0.172. The van der Waals surface area contributed by atoms with Gasteiger partial charge in [0, 0.05) is 17.7 Å². The second-order valence-electron chi connectivity index (χ2n) is 6.41. The monoisotopic (exact) mass is 458 g/mol. The van der Waals surface area contributed by atoms with Gasteiger partial charge < -0.3 is 9.26 Å². The summed E-state index contributed by atoms with van der Waals surface area (Å²) in [4.78, 5) is 24.9. The summed E-state index contributed by atoms with van der Waals surface area (Å²) in [5.41, 5.74) is 0. The van der Waals surface area contributed by atoms with Gasteiger partial charge in [0.25, 0.3) is 0 Å². The first kappa shape index (κ1) is 20.1. The number of halogens is 1. The summed E-state index contributed by atoms with van der Waals surface area (Å²) in [6, 6.07) is 6.43. The van der Waals surface area contributed by atoms with Crippen molar-refractivity contribution in [3.05, 3.63) is 40.9 Å². The molecule has 0 spiro atoms. The van der Waals surface area contributed by atoms with Crippen LogP contribution in [0.3, 0.4) is 0 Å². The van der Waals surface area contributed by atoms with Gasteiger partial charge in [0.2, 0.25) is 5.91 Å². The Bertz CT molecular complexity index is 799. The van der Waals surface area contributed by atoms with Crippen LogP contribution in [0.15, 0.2) is 40.9 Å². The largest absolute Gasteiger partial charge is 0.425 e. The summed E-state index contributed by atoms with van der Waals surface area (Å²) >= 11 is 3.32. The third-order valence-electron chi connectivity index (χ3n) is 4.08. The molecular formula is C17H20BrN2O6P. The molecule has 1 saturated heterocycles. The number of carbonyl (C=O) groups is 2. The van der Waals surface area contributed by atoms with E-state index in [1.807, 2.05) is 0 Å². The van der Waals surface area contributed by atoms with E-state index in [4.69, 9.17) is 13.8 Å². The van der Waals surface area contributed by atoms with Crippen LogP contribution >= 0.6 is 23.5 Å². The highest BCUT2D eigenvalue weighted by atomic mass is 79.9. The predicted molar refractivity (Wildman–Crippen MR) is 101 cm³/mol. The molecule has 3 amide bonds. The van der Waals surface area contributed by atoms with Gasteiger partial charge >= 0.3 is 13.6 Å². The topological polar surface area (TPSA) is 94.2 Å². The number of ether oxygens (including phenoxy) is 1. The Morgan fingerprint density at radius 3 is 2.70 bits per heavy atom. The lowest BCUT2D eigenvalue weighted by atomic mass is 10.1. The molecule has 1 N–H and O–H groups in total. The maximum Gasteiger partial charge on any atom is 0.376 e. The first-order valence-electron chi connectivity index (χ1n) is 8.36.